The van der Waals surface area contributed by atoms with Gasteiger partial charge in [0.25, 0.3) is 5.91 Å². The quantitative estimate of drug-likeness (QED) is 0.730. The predicted molar refractivity (Wildman–Crippen MR) is 108 cm³/mol. The molecule has 2 aromatic rings. The molecule has 2 N–H and O–H groups in total. The third-order valence-corrected chi connectivity index (χ3v) is 5.12. The van der Waals surface area contributed by atoms with Gasteiger partial charge < -0.3 is 15.4 Å². The van der Waals surface area contributed by atoms with E-state index in [9.17, 15) is 4.79 Å². The zero-order valence-electron chi connectivity index (χ0n) is 17.0. The molecule has 1 saturated heterocycles. The van der Waals surface area contributed by atoms with Crippen molar-refractivity contribution in [3.63, 3.8) is 0 Å². The number of nitrogens with zero attached hydrogens (tertiary/aromatic N) is 3. The van der Waals surface area contributed by atoms with Crippen LogP contribution >= 0.6 is 0 Å². The first-order chi connectivity index (χ1) is 13.5. The molecule has 28 heavy (non-hydrogen) atoms. The Labute approximate surface area is 166 Å². The van der Waals surface area contributed by atoms with E-state index >= 15 is 0 Å². The Morgan fingerprint density at radius 1 is 1.25 bits per heavy atom. The maximum Gasteiger partial charge on any atom is 0.273 e. The zero-order valence-corrected chi connectivity index (χ0v) is 17.0. The van der Waals surface area contributed by atoms with Crippen molar-refractivity contribution in [1.82, 2.24) is 25.6 Å². The third-order valence-electron chi connectivity index (χ3n) is 5.12. The minimum atomic E-state index is -0.204. The Balaban J connectivity index is 1.53. The average molecular weight is 386 g/mol. The van der Waals surface area contributed by atoms with Gasteiger partial charge in [0.15, 0.2) is 5.69 Å². The number of aromatic nitrogens is 3. The number of piperidine rings is 1. The molecule has 1 aromatic heterocycles. The van der Waals surface area contributed by atoms with E-state index in [4.69, 9.17) is 4.74 Å². The minimum Gasteiger partial charge on any atom is -0.494 e. The van der Waals surface area contributed by atoms with Crippen LogP contribution in [0.15, 0.2) is 30.5 Å². The molecule has 0 bridgehead atoms. The van der Waals surface area contributed by atoms with Crippen molar-refractivity contribution < 1.29 is 9.53 Å². The highest BCUT2D eigenvalue weighted by atomic mass is 16.5. The Hall–Kier alpha value is -2.41. The van der Waals surface area contributed by atoms with Crippen LogP contribution in [0.25, 0.3) is 0 Å². The standard InChI is InChI=1S/C21H31N5O2/c1-15(2)10-13-28-19-6-4-17(5-7-19)16(3)23-21(27)20-14-26(25-24-20)18-8-11-22-12-9-18/h4-7,14-16,18,22H,8-13H2,1-3H3,(H,23,27). The number of hydrogen-bond donors (Lipinski definition) is 2. The van der Waals surface area contributed by atoms with Crippen molar-refractivity contribution >= 4 is 5.91 Å². The molecule has 7 nitrogen and oxygen atoms in total. The first kappa shape index (κ1) is 20.3. The van der Waals surface area contributed by atoms with Crippen molar-refractivity contribution in [2.24, 2.45) is 5.92 Å². The van der Waals surface area contributed by atoms with Gasteiger partial charge in [-0.15, -0.1) is 5.10 Å². The number of benzene rings is 1. The van der Waals surface area contributed by atoms with E-state index in [1.54, 1.807) is 6.20 Å². The summed E-state index contributed by atoms with van der Waals surface area (Å²) < 4.78 is 7.57. The van der Waals surface area contributed by atoms with Crippen molar-refractivity contribution in [3.8, 4) is 5.75 Å². The van der Waals surface area contributed by atoms with Crippen LogP contribution in [-0.2, 0) is 0 Å². The van der Waals surface area contributed by atoms with Gasteiger partial charge in [0.1, 0.15) is 5.75 Å². The van der Waals surface area contributed by atoms with Gasteiger partial charge in [-0.25, -0.2) is 4.68 Å². The van der Waals surface area contributed by atoms with E-state index in [1.807, 2.05) is 35.9 Å². The summed E-state index contributed by atoms with van der Waals surface area (Å²) >= 11 is 0. The number of amides is 1. The fourth-order valence-electron chi connectivity index (χ4n) is 3.25. The molecule has 0 aliphatic carbocycles. The lowest BCUT2D eigenvalue weighted by molar-refractivity contribution is 0.0934. The lowest BCUT2D eigenvalue weighted by Gasteiger charge is -2.22. The molecule has 1 fully saturated rings. The Morgan fingerprint density at radius 2 is 1.96 bits per heavy atom. The van der Waals surface area contributed by atoms with Crippen molar-refractivity contribution in [1.29, 1.82) is 0 Å². The third kappa shape index (κ3) is 5.55. The Kier molecular flexibility index (Phi) is 7.03. The van der Waals surface area contributed by atoms with Crippen molar-refractivity contribution in [2.45, 2.75) is 52.1 Å². The highest BCUT2D eigenvalue weighted by Gasteiger charge is 2.20. The zero-order chi connectivity index (χ0) is 19.9. The van der Waals surface area contributed by atoms with E-state index in [0.717, 1.165) is 50.3 Å². The highest BCUT2D eigenvalue weighted by molar-refractivity contribution is 5.92. The van der Waals surface area contributed by atoms with Crippen LogP contribution in [0, 0.1) is 5.92 Å². The largest absolute Gasteiger partial charge is 0.494 e. The fraction of sp³-hybridized carbons (Fsp3) is 0.571. The monoisotopic (exact) mass is 385 g/mol. The van der Waals surface area contributed by atoms with Crippen LogP contribution in [0.4, 0.5) is 0 Å². The molecule has 7 heteroatoms. The van der Waals surface area contributed by atoms with Crippen LogP contribution in [0.1, 0.15) is 68.2 Å². The van der Waals surface area contributed by atoms with Gasteiger partial charge >= 0.3 is 0 Å². The summed E-state index contributed by atoms with van der Waals surface area (Å²) in [5.41, 5.74) is 1.38. The predicted octanol–water partition coefficient (Wildman–Crippen LogP) is 3.12. The van der Waals surface area contributed by atoms with E-state index in [1.165, 1.54) is 0 Å². The van der Waals surface area contributed by atoms with Crippen molar-refractivity contribution in [3.05, 3.63) is 41.7 Å². The van der Waals surface area contributed by atoms with Crippen LogP contribution in [0.5, 0.6) is 5.75 Å². The van der Waals surface area contributed by atoms with Gasteiger partial charge in [-0.2, -0.15) is 0 Å². The van der Waals surface area contributed by atoms with E-state index in [2.05, 4.69) is 34.8 Å². The smallest absolute Gasteiger partial charge is 0.273 e. The van der Waals surface area contributed by atoms with Gasteiger partial charge in [-0.3, -0.25) is 4.79 Å². The number of rotatable bonds is 8. The SMILES string of the molecule is CC(C)CCOc1ccc(C(C)NC(=O)c2cn(C3CCNCC3)nn2)cc1. The second-order valence-corrected chi connectivity index (χ2v) is 7.86. The maximum absolute atomic E-state index is 12.5. The van der Waals surface area contributed by atoms with Crippen LogP contribution in [0.2, 0.25) is 0 Å². The summed E-state index contributed by atoms with van der Waals surface area (Å²) in [4.78, 5) is 12.5. The maximum atomic E-state index is 12.5. The van der Waals surface area contributed by atoms with Crippen LogP contribution in [0.3, 0.4) is 0 Å². The number of ether oxygens (including phenoxy) is 1. The van der Waals surface area contributed by atoms with Gasteiger partial charge in [0.2, 0.25) is 0 Å². The number of carbonyl (C=O) groups is 1. The lowest BCUT2D eigenvalue weighted by Crippen LogP contribution is -2.29. The molecule has 1 unspecified atom stereocenters. The second-order valence-electron chi connectivity index (χ2n) is 7.86. The molecule has 0 saturated carbocycles. The number of carbonyl (C=O) groups excluding carboxylic acids is 1. The fourth-order valence-corrected chi connectivity index (χ4v) is 3.25. The number of hydrogen-bond acceptors (Lipinski definition) is 5. The first-order valence-corrected chi connectivity index (χ1v) is 10.2. The molecule has 1 atom stereocenters. The Morgan fingerprint density at radius 3 is 2.64 bits per heavy atom. The van der Waals surface area contributed by atoms with Gasteiger partial charge in [0.05, 0.1) is 24.9 Å². The molecule has 0 radical (unpaired) electrons. The van der Waals surface area contributed by atoms with Crippen LogP contribution < -0.4 is 15.4 Å². The number of nitrogens with one attached hydrogen (secondary N) is 2. The molecule has 2 heterocycles. The lowest BCUT2D eigenvalue weighted by atomic mass is 10.1. The molecular weight excluding hydrogens is 354 g/mol. The molecule has 152 valence electrons. The summed E-state index contributed by atoms with van der Waals surface area (Å²) in [6.45, 7) is 8.99. The van der Waals surface area contributed by atoms with Gasteiger partial charge in [0, 0.05) is 0 Å². The van der Waals surface area contributed by atoms with Crippen molar-refractivity contribution in [2.75, 3.05) is 19.7 Å². The molecule has 1 aliphatic rings. The van der Waals surface area contributed by atoms with Gasteiger partial charge in [-0.1, -0.05) is 31.2 Å². The van der Waals surface area contributed by atoms with E-state index < -0.39 is 0 Å². The molecule has 1 aliphatic heterocycles. The molecule has 1 amide bonds. The molecule has 0 spiro atoms. The van der Waals surface area contributed by atoms with E-state index in [0.29, 0.717) is 17.7 Å². The minimum absolute atomic E-state index is 0.124. The average Bonchev–Trinajstić information content (AvgIpc) is 3.19. The molecular formula is C21H31N5O2. The summed E-state index contributed by atoms with van der Waals surface area (Å²) in [6.07, 6.45) is 4.80. The van der Waals surface area contributed by atoms with Crippen LogP contribution in [-0.4, -0.2) is 40.6 Å². The molecule has 1 aromatic carbocycles. The summed E-state index contributed by atoms with van der Waals surface area (Å²) in [5, 5.41) is 14.5. The van der Waals surface area contributed by atoms with E-state index in [-0.39, 0.29) is 11.9 Å². The summed E-state index contributed by atoms with van der Waals surface area (Å²) in [7, 11) is 0. The normalized spacial score (nSPS) is 16.1. The topological polar surface area (TPSA) is 81.1 Å². The summed E-state index contributed by atoms with van der Waals surface area (Å²) in [6, 6.07) is 8.07. The summed E-state index contributed by atoms with van der Waals surface area (Å²) in [5.74, 6) is 1.28. The molecule has 3 rings (SSSR count). The highest BCUT2D eigenvalue weighted by Crippen LogP contribution is 2.20. The second kappa shape index (κ2) is 9.68. The first-order valence-electron chi connectivity index (χ1n) is 10.2. The Bertz CT molecular complexity index is 750. The van der Waals surface area contributed by atoms with Gasteiger partial charge in [-0.05, 0) is 62.9 Å².